The number of fused-ring (bicyclic) bond motifs is 4. The Bertz CT molecular complexity index is 1430. The zero-order chi connectivity index (χ0) is 31.1. The van der Waals surface area contributed by atoms with E-state index in [2.05, 4.69) is 10.6 Å². The van der Waals surface area contributed by atoms with Crippen LogP contribution in [0.2, 0.25) is 0 Å². The minimum Gasteiger partial charge on any atom is -0.489 e. The Kier molecular flexibility index (Phi) is 10.1. The molecule has 2 aromatic carbocycles. The van der Waals surface area contributed by atoms with Crippen molar-refractivity contribution in [2.75, 3.05) is 13.1 Å². The van der Waals surface area contributed by atoms with Crippen LogP contribution in [-0.4, -0.2) is 61.0 Å². The molecule has 2 N–H and O–H groups in total. The van der Waals surface area contributed by atoms with Gasteiger partial charge in [-0.05, 0) is 26.0 Å². The molecule has 0 radical (unpaired) electrons. The van der Waals surface area contributed by atoms with Gasteiger partial charge in [0.1, 0.15) is 29.3 Å². The maximum absolute atomic E-state index is 12.5. The molecule has 0 fully saturated rings. The van der Waals surface area contributed by atoms with Crippen molar-refractivity contribution in [2.45, 2.75) is 53.8 Å². The van der Waals surface area contributed by atoms with E-state index in [1.54, 1.807) is 19.1 Å². The standard InChI is InChI=1S/C16H17NO8.C12H13NO4/c1-7-6-17-16(21)13-14(24-9(3)19)11(22-7)5-12(23-8(2)18)15(13)25-10(4)20;1-7-6-13-12(15)9-3-10(16-7)5-11(4-9)17-8(2)14/h5,7H,6H2,1-4H3,(H,17,21);3-5,7H,6H2,1-2H3,(H,13,15). The van der Waals surface area contributed by atoms with Crippen LogP contribution >= 0.6 is 0 Å². The molecule has 224 valence electrons. The average molecular weight is 587 g/mol. The molecule has 14 nitrogen and oxygen atoms in total. The maximum atomic E-state index is 12.5. The van der Waals surface area contributed by atoms with E-state index in [0.717, 1.165) is 20.8 Å². The second-order valence-electron chi connectivity index (χ2n) is 9.25. The Morgan fingerprint density at radius 3 is 1.83 bits per heavy atom. The lowest BCUT2D eigenvalue weighted by atomic mass is 10.1. The summed E-state index contributed by atoms with van der Waals surface area (Å²) in [6.45, 7) is 8.87. The molecule has 2 amide bonds. The zero-order valence-corrected chi connectivity index (χ0v) is 23.8. The van der Waals surface area contributed by atoms with Crippen LogP contribution in [-0.2, 0) is 19.2 Å². The number of hydrogen-bond donors (Lipinski definition) is 2. The molecule has 2 heterocycles. The van der Waals surface area contributed by atoms with Crippen LogP contribution in [0.5, 0.6) is 34.5 Å². The van der Waals surface area contributed by atoms with Crippen LogP contribution in [0, 0.1) is 0 Å². The zero-order valence-electron chi connectivity index (χ0n) is 23.8. The van der Waals surface area contributed by atoms with Gasteiger partial charge in [0.15, 0.2) is 23.0 Å². The molecular formula is C28H30N2O12. The van der Waals surface area contributed by atoms with Crippen molar-refractivity contribution in [3.63, 3.8) is 0 Å². The number of nitrogens with one attached hydrogen (secondary N) is 2. The Balaban J connectivity index is 0.000000247. The quantitative estimate of drug-likeness (QED) is 0.394. The molecule has 2 aromatic rings. The fourth-order valence-electron chi connectivity index (χ4n) is 3.81. The Morgan fingerprint density at radius 2 is 1.24 bits per heavy atom. The third-order valence-electron chi connectivity index (χ3n) is 5.31. The molecule has 2 unspecified atom stereocenters. The number of benzene rings is 2. The number of esters is 4. The third-order valence-corrected chi connectivity index (χ3v) is 5.31. The van der Waals surface area contributed by atoms with Gasteiger partial charge in [0, 0.05) is 45.4 Å². The number of rotatable bonds is 4. The lowest BCUT2D eigenvalue weighted by molar-refractivity contribution is -0.134. The average Bonchev–Trinajstić information content (AvgIpc) is 2.86. The van der Waals surface area contributed by atoms with Gasteiger partial charge in [0.05, 0.1) is 13.1 Å². The molecule has 2 atom stereocenters. The lowest BCUT2D eigenvalue weighted by Gasteiger charge is -2.25. The smallest absolute Gasteiger partial charge is 0.308 e. The second-order valence-corrected chi connectivity index (χ2v) is 9.25. The van der Waals surface area contributed by atoms with Crippen LogP contribution < -0.4 is 39.1 Å². The SMILES string of the molecule is CC(=O)Oc1cc2c(OC(C)=O)c(c1OC(C)=O)C(=O)NCC(C)O2.CC(=O)Oc1cc2cc(c1)C(=O)NCC(C)O2. The van der Waals surface area contributed by atoms with Crippen LogP contribution in [0.3, 0.4) is 0 Å². The molecule has 4 rings (SSSR count). The Morgan fingerprint density at radius 1 is 0.690 bits per heavy atom. The second kappa shape index (κ2) is 13.5. The summed E-state index contributed by atoms with van der Waals surface area (Å²) in [7, 11) is 0. The first-order valence-electron chi connectivity index (χ1n) is 12.7. The number of carbonyl (C=O) groups is 6. The van der Waals surface area contributed by atoms with Gasteiger partial charge >= 0.3 is 23.9 Å². The predicted octanol–water partition coefficient (Wildman–Crippen LogP) is 2.10. The molecule has 42 heavy (non-hydrogen) atoms. The molecule has 2 aliphatic rings. The van der Waals surface area contributed by atoms with Gasteiger partial charge in [-0.2, -0.15) is 0 Å². The van der Waals surface area contributed by atoms with E-state index in [9.17, 15) is 28.8 Å². The largest absolute Gasteiger partial charge is 0.489 e. The highest BCUT2D eigenvalue weighted by atomic mass is 16.6. The van der Waals surface area contributed by atoms with Gasteiger partial charge in [0.2, 0.25) is 0 Å². The molecule has 0 saturated heterocycles. The van der Waals surface area contributed by atoms with Gasteiger partial charge in [-0.25, -0.2) is 0 Å². The van der Waals surface area contributed by atoms with Crippen molar-refractivity contribution in [1.82, 2.24) is 10.6 Å². The molecular weight excluding hydrogens is 556 g/mol. The summed E-state index contributed by atoms with van der Waals surface area (Å²) in [5.74, 6) is -3.36. The lowest BCUT2D eigenvalue weighted by Crippen LogP contribution is -2.36. The number of amides is 2. The normalized spacial score (nSPS) is 16.9. The topological polar surface area (TPSA) is 182 Å². The van der Waals surface area contributed by atoms with Gasteiger partial charge in [0.25, 0.3) is 11.8 Å². The fourth-order valence-corrected chi connectivity index (χ4v) is 3.81. The highest BCUT2D eigenvalue weighted by molar-refractivity contribution is 6.03. The predicted molar refractivity (Wildman–Crippen MR) is 143 cm³/mol. The first kappa shape index (κ1) is 31.4. The third kappa shape index (κ3) is 8.43. The molecule has 0 saturated carbocycles. The molecule has 2 aliphatic heterocycles. The Labute approximate surface area is 240 Å². The van der Waals surface area contributed by atoms with E-state index in [-0.39, 0.29) is 47.1 Å². The fraction of sp³-hybridized carbons (Fsp3) is 0.357. The monoisotopic (exact) mass is 586 g/mol. The Hall–Kier alpha value is -5.14. The van der Waals surface area contributed by atoms with E-state index in [0.29, 0.717) is 23.6 Å². The van der Waals surface area contributed by atoms with E-state index < -0.39 is 35.9 Å². The summed E-state index contributed by atoms with van der Waals surface area (Å²) in [4.78, 5) is 69.3. The maximum Gasteiger partial charge on any atom is 0.308 e. The molecule has 4 bridgehead atoms. The summed E-state index contributed by atoms with van der Waals surface area (Å²) < 4.78 is 31.3. The van der Waals surface area contributed by atoms with Crippen molar-refractivity contribution < 1.29 is 57.2 Å². The van der Waals surface area contributed by atoms with Gasteiger partial charge < -0.3 is 39.1 Å². The summed E-state index contributed by atoms with van der Waals surface area (Å²) >= 11 is 0. The van der Waals surface area contributed by atoms with Crippen LogP contribution in [0.4, 0.5) is 0 Å². The molecule has 0 aliphatic carbocycles. The van der Waals surface area contributed by atoms with Crippen LogP contribution in [0.15, 0.2) is 24.3 Å². The molecule has 14 heteroatoms. The minimum absolute atomic E-state index is 0.0136. The van der Waals surface area contributed by atoms with Gasteiger partial charge in [-0.1, -0.05) is 0 Å². The van der Waals surface area contributed by atoms with E-state index >= 15 is 0 Å². The molecule has 0 spiro atoms. The van der Waals surface area contributed by atoms with Crippen molar-refractivity contribution in [3.05, 3.63) is 35.4 Å². The van der Waals surface area contributed by atoms with Crippen molar-refractivity contribution in [2.24, 2.45) is 0 Å². The van der Waals surface area contributed by atoms with E-state index in [4.69, 9.17) is 28.4 Å². The van der Waals surface area contributed by atoms with Crippen molar-refractivity contribution >= 4 is 35.7 Å². The van der Waals surface area contributed by atoms with Crippen LogP contribution in [0.1, 0.15) is 62.3 Å². The van der Waals surface area contributed by atoms with Crippen LogP contribution in [0.25, 0.3) is 0 Å². The van der Waals surface area contributed by atoms with E-state index in [1.165, 1.54) is 19.1 Å². The van der Waals surface area contributed by atoms with E-state index in [1.807, 2.05) is 6.92 Å². The number of carbonyl (C=O) groups excluding carboxylic acids is 6. The van der Waals surface area contributed by atoms with Crippen molar-refractivity contribution in [1.29, 1.82) is 0 Å². The summed E-state index contributed by atoms with van der Waals surface area (Å²) in [6, 6.07) is 5.97. The van der Waals surface area contributed by atoms with Gasteiger partial charge in [-0.3, -0.25) is 28.8 Å². The summed E-state index contributed by atoms with van der Waals surface area (Å²) in [5, 5.41) is 5.28. The summed E-state index contributed by atoms with van der Waals surface area (Å²) in [6.07, 6.45) is -0.573. The number of hydrogen-bond acceptors (Lipinski definition) is 12. The highest BCUT2D eigenvalue weighted by Gasteiger charge is 2.32. The van der Waals surface area contributed by atoms with Crippen molar-refractivity contribution in [3.8, 4) is 34.5 Å². The first-order valence-corrected chi connectivity index (χ1v) is 12.7. The minimum atomic E-state index is -0.754. The summed E-state index contributed by atoms with van der Waals surface area (Å²) in [5.41, 5.74) is 0.150. The first-order chi connectivity index (χ1) is 19.7. The number of ether oxygens (including phenoxy) is 6. The highest BCUT2D eigenvalue weighted by Crippen LogP contribution is 2.46. The van der Waals surface area contributed by atoms with Gasteiger partial charge in [-0.15, -0.1) is 0 Å². The molecule has 0 aromatic heterocycles.